The van der Waals surface area contributed by atoms with E-state index in [1.165, 1.54) is 12.0 Å². The van der Waals surface area contributed by atoms with Gasteiger partial charge in [-0.05, 0) is 37.2 Å². The fourth-order valence-electron chi connectivity index (χ4n) is 2.40. The SMILES string of the molecule is NC1(N)CCCC(Cc2cncnc2)C1. The maximum absolute atomic E-state index is 5.97. The van der Waals surface area contributed by atoms with Crippen LogP contribution in [0.15, 0.2) is 18.7 Å². The third kappa shape index (κ3) is 2.97. The van der Waals surface area contributed by atoms with E-state index in [0.717, 1.165) is 25.7 Å². The lowest BCUT2D eigenvalue weighted by Crippen LogP contribution is -2.52. The maximum atomic E-state index is 5.97. The predicted molar refractivity (Wildman–Crippen MR) is 58.8 cm³/mol. The highest BCUT2D eigenvalue weighted by Crippen LogP contribution is 2.29. The molecule has 1 heterocycles. The lowest BCUT2D eigenvalue weighted by Gasteiger charge is -2.34. The molecule has 4 nitrogen and oxygen atoms in total. The van der Waals surface area contributed by atoms with E-state index in [0.29, 0.717) is 5.92 Å². The molecular formula is C11H18N4. The molecule has 1 atom stereocenters. The van der Waals surface area contributed by atoms with Gasteiger partial charge in [-0.1, -0.05) is 6.42 Å². The first-order valence-electron chi connectivity index (χ1n) is 5.47. The molecule has 0 saturated heterocycles. The molecule has 1 aromatic heterocycles. The lowest BCUT2D eigenvalue weighted by atomic mass is 9.79. The minimum Gasteiger partial charge on any atom is -0.313 e. The van der Waals surface area contributed by atoms with Gasteiger partial charge in [0.25, 0.3) is 0 Å². The Bertz CT molecular complexity index is 310. The van der Waals surface area contributed by atoms with Gasteiger partial charge >= 0.3 is 0 Å². The van der Waals surface area contributed by atoms with Gasteiger partial charge in [0.15, 0.2) is 0 Å². The van der Waals surface area contributed by atoms with E-state index in [1.807, 2.05) is 12.4 Å². The molecule has 0 bridgehead atoms. The topological polar surface area (TPSA) is 77.8 Å². The highest BCUT2D eigenvalue weighted by Gasteiger charge is 2.28. The second-order valence-electron chi connectivity index (χ2n) is 4.65. The van der Waals surface area contributed by atoms with Crippen molar-refractivity contribution in [2.24, 2.45) is 17.4 Å². The average Bonchev–Trinajstić information content (AvgIpc) is 2.17. The van der Waals surface area contributed by atoms with Crippen molar-refractivity contribution < 1.29 is 0 Å². The molecule has 82 valence electrons. The molecule has 15 heavy (non-hydrogen) atoms. The highest BCUT2D eigenvalue weighted by atomic mass is 15.0. The number of hydrogen-bond donors (Lipinski definition) is 2. The average molecular weight is 206 g/mol. The van der Waals surface area contributed by atoms with Gasteiger partial charge < -0.3 is 11.5 Å². The second kappa shape index (κ2) is 4.24. The number of rotatable bonds is 2. The lowest BCUT2D eigenvalue weighted by molar-refractivity contribution is 0.229. The summed E-state index contributed by atoms with van der Waals surface area (Å²) in [6, 6.07) is 0. The van der Waals surface area contributed by atoms with Crippen LogP contribution in [0.4, 0.5) is 0 Å². The van der Waals surface area contributed by atoms with Crippen molar-refractivity contribution in [3.63, 3.8) is 0 Å². The number of aromatic nitrogens is 2. The zero-order chi connectivity index (χ0) is 10.7. The van der Waals surface area contributed by atoms with Crippen molar-refractivity contribution in [2.75, 3.05) is 0 Å². The first-order chi connectivity index (χ1) is 7.16. The first kappa shape index (κ1) is 10.5. The van der Waals surface area contributed by atoms with E-state index < -0.39 is 5.66 Å². The minimum absolute atomic E-state index is 0.460. The van der Waals surface area contributed by atoms with Gasteiger partial charge in [0.1, 0.15) is 6.33 Å². The summed E-state index contributed by atoms with van der Waals surface area (Å²) in [5.41, 5.74) is 12.7. The van der Waals surface area contributed by atoms with Crippen LogP contribution in [-0.2, 0) is 6.42 Å². The van der Waals surface area contributed by atoms with Gasteiger partial charge in [0.2, 0.25) is 0 Å². The Hall–Kier alpha value is -1.00. The molecule has 0 amide bonds. The Morgan fingerprint density at radius 3 is 2.73 bits per heavy atom. The van der Waals surface area contributed by atoms with Crippen LogP contribution in [0.1, 0.15) is 31.2 Å². The van der Waals surface area contributed by atoms with E-state index in [-0.39, 0.29) is 0 Å². The van der Waals surface area contributed by atoms with Crippen molar-refractivity contribution in [1.29, 1.82) is 0 Å². The molecule has 4 heteroatoms. The van der Waals surface area contributed by atoms with Crippen molar-refractivity contribution in [3.8, 4) is 0 Å². The molecule has 1 unspecified atom stereocenters. The number of hydrogen-bond acceptors (Lipinski definition) is 4. The van der Waals surface area contributed by atoms with Crippen LogP contribution in [-0.4, -0.2) is 15.6 Å². The molecule has 1 aliphatic carbocycles. The molecule has 0 aliphatic heterocycles. The zero-order valence-electron chi connectivity index (χ0n) is 8.89. The van der Waals surface area contributed by atoms with Crippen LogP contribution in [0.5, 0.6) is 0 Å². The third-order valence-electron chi connectivity index (χ3n) is 3.06. The highest BCUT2D eigenvalue weighted by molar-refractivity contribution is 5.04. The van der Waals surface area contributed by atoms with Crippen LogP contribution in [0.3, 0.4) is 0 Å². The number of nitrogens with two attached hydrogens (primary N) is 2. The molecule has 1 fully saturated rings. The summed E-state index contributed by atoms with van der Waals surface area (Å²) in [5, 5.41) is 0. The minimum atomic E-state index is -0.460. The molecule has 4 N–H and O–H groups in total. The van der Waals surface area contributed by atoms with Gasteiger partial charge in [0, 0.05) is 12.4 Å². The number of nitrogens with zero attached hydrogens (tertiary/aromatic N) is 2. The van der Waals surface area contributed by atoms with Gasteiger partial charge in [-0.2, -0.15) is 0 Å². The third-order valence-corrected chi connectivity index (χ3v) is 3.06. The fraction of sp³-hybridized carbons (Fsp3) is 0.636. The Balaban J connectivity index is 1.95. The van der Waals surface area contributed by atoms with Gasteiger partial charge in [0.05, 0.1) is 5.66 Å². The molecule has 1 saturated carbocycles. The summed E-state index contributed by atoms with van der Waals surface area (Å²) >= 11 is 0. The summed E-state index contributed by atoms with van der Waals surface area (Å²) in [6.07, 6.45) is 10.5. The Morgan fingerprint density at radius 1 is 1.33 bits per heavy atom. The maximum Gasteiger partial charge on any atom is 0.115 e. The van der Waals surface area contributed by atoms with Crippen LogP contribution in [0.2, 0.25) is 0 Å². The summed E-state index contributed by atoms with van der Waals surface area (Å²) in [4.78, 5) is 8.03. The van der Waals surface area contributed by atoms with Gasteiger partial charge in [-0.25, -0.2) is 9.97 Å². The summed E-state index contributed by atoms with van der Waals surface area (Å²) < 4.78 is 0. The van der Waals surface area contributed by atoms with Gasteiger partial charge in [-0.3, -0.25) is 0 Å². The fourth-order valence-corrected chi connectivity index (χ4v) is 2.40. The smallest absolute Gasteiger partial charge is 0.115 e. The molecule has 2 rings (SSSR count). The first-order valence-corrected chi connectivity index (χ1v) is 5.47. The Kier molecular flexibility index (Phi) is 2.98. The van der Waals surface area contributed by atoms with Crippen LogP contribution < -0.4 is 11.5 Å². The van der Waals surface area contributed by atoms with E-state index in [4.69, 9.17) is 11.5 Å². The molecule has 1 aromatic rings. The van der Waals surface area contributed by atoms with Crippen molar-refractivity contribution in [1.82, 2.24) is 9.97 Å². The zero-order valence-corrected chi connectivity index (χ0v) is 8.89. The second-order valence-corrected chi connectivity index (χ2v) is 4.65. The largest absolute Gasteiger partial charge is 0.313 e. The van der Waals surface area contributed by atoms with Crippen molar-refractivity contribution >= 4 is 0 Å². The normalized spacial score (nSPS) is 25.1. The monoisotopic (exact) mass is 206 g/mol. The Labute approximate surface area is 90.1 Å². The van der Waals surface area contributed by atoms with Crippen molar-refractivity contribution in [3.05, 3.63) is 24.3 Å². The molecule has 0 radical (unpaired) electrons. The van der Waals surface area contributed by atoms with E-state index >= 15 is 0 Å². The molecule has 0 spiro atoms. The van der Waals surface area contributed by atoms with Crippen molar-refractivity contribution in [2.45, 2.75) is 37.8 Å². The summed E-state index contributed by atoms with van der Waals surface area (Å²) in [5.74, 6) is 0.583. The van der Waals surface area contributed by atoms with Crippen LogP contribution >= 0.6 is 0 Å². The van der Waals surface area contributed by atoms with E-state index in [1.54, 1.807) is 6.33 Å². The molecule has 0 aromatic carbocycles. The molecular weight excluding hydrogens is 188 g/mol. The predicted octanol–water partition coefficient (Wildman–Crippen LogP) is 0.823. The molecule has 1 aliphatic rings. The van der Waals surface area contributed by atoms with E-state index in [2.05, 4.69) is 9.97 Å². The standard InChI is InChI=1S/C11H18N4/c12-11(13)3-1-2-9(5-11)4-10-6-14-8-15-7-10/h6-9H,1-5,12-13H2. The summed E-state index contributed by atoms with van der Waals surface area (Å²) in [6.45, 7) is 0. The van der Waals surface area contributed by atoms with Crippen LogP contribution in [0.25, 0.3) is 0 Å². The summed E-state index contributed by atoms with van der Waals surface area (Å²) in [7, 11) is 0. The van der Waals surface area contributed by atoms with Gasteiger partial charge in [-0.15, -0.1) is 0 Å². The van der Waals surface area contributed by atoms with Crippen LogP contribution in [0, 0.1) is 5.92 Å². The quantitative estimate of drug-likeness (QED) is 0.702. The Morgan fingerprint density at radius 2 is 2.07 bits per heavy atom. The van der Waals surface area contributed by atoms with E-state index in [9.17, 15) is 0 Å².